The Bertz CT molecular complexity index is 220. The second-order valence-corrected chi connectivity index (χ2v) is 5.06. The lowest BCUT2D eigenvalue weighted by Gasteiger charge is -2.23. The van der Waals surface area contributed by atoms with Crippen LogP contribution < -0.4 is 10.6 Å². The highest BCUT2D eigenvalue weighted by molar-refractivity contribution is 5.81. The molecule has 3 heteroatoms. The minimum absolute atomic E-state index is 0.0742. The molecule has 0 aromatic carbocycles. The van der Waals surface area contributed by atoms with Crippen LogP contribution in [-0.2, 0) is 4.79 Å². The van der Waals surface area contributed by atoms with Crippen molar-refractivity contribution in [1.29, 1.82) is 0 Å². The highest BCUT2D eigenvalue weighted by Crippen LogP contribution is 2.36. The molecule has 1 saturated heterocycles. The first-order valence-electron chi connectivity index (χ1n) is 6.28. The second-order valence-electron chi connectivity index (χ2n) is 5.06. The minimum Gasteiger partial charge on any atom is -0.354 e. The van der Waals surface area contributed by atoms with Gasteiger partial charge in [0.2, 0.25) is 5.91 Å². The van der Waals surface area contributed by atoms with Crippen LogP contribution in [-0.4, -0.2) is 25.0 Å². The first-order valence-corrected chi connectivity index (χ1v) is 6.28. The van der Waals surface area contributed by atoms with E-state index in [-0.39, 0.29) is 11.9 Å². The predicted molar refractivity (Wildman–Crippen MR) is 60.5 cm³/mol. The quantitative estimate of drug-likeness (QED) is 0.734. The molecule has 1 aliphatic heterocycles. The summed E-state index contributed by atoms with van der Waals surface area (Å²) in [5, 5.41) is 6.35. The van der Waals surface area contributed by atoms with Gasteiger partial charge in [-0.25, -0.2) is 0 Å². The summed E-state index contributed by atoms with van der Waals surface area (Å²) in [6, 6.07) is 0.0742. The molecule has 2 N–H and O–H groups in total. The molecule has 3 nitrogen and oxygen atoms in total. The SMILES string of the molecule is CC(CNC(=O)[C@H]1CCCCN1)C1CC1. The van der Waals surface area contributed by atoms with Crippen LogP contribution in [0, 0.1) is 11.8 Å². The minimum atomic E-state index is 0.0742. The zero-order chi connectivity index (χ0) is 10.7. The molecule has 2 aliphatic rings. The van der Waals surface area contributed by atoms with Crippen LogP contribution in [0.2, 0.25) is 0 Å². The van der Waals surface area contributed by atoms with E-state index in [1.165, 1.54) is 25.7 Å². The Balaban J connectivity index is 1.66. The Morgan fingerprint density at radius 3 is 2.80 bits per heavy atom. The van der Waals surface area contributed by atoms with Crippen LogP contribution in [0.5, 0.6) is 0 Å². The van der Waals surface area contributed by atoms with Crippen molar-refractivity contribution >= 4 is 5.91 Å². The molecule has 2 atom stereocenters. The number of carbonyl (C=O) groups excluding carboxylic acids is 1. The summed E-state index contributed by atoms with van der Waals surface area (Å²) < 4.78 is 0. The molecule has 1 saturated carbocycles. The van der Waals surface area contributed by atoms with Gasteiger partial charge in [-0.15, -0.1) is 0 Å². The number of amides is 1. The van der Waals surface area contributed by atoms with Gasteiger partial charge >= 0.3 is 0 Å². The van der Waals surface area contributed by atoms with Crippen LogP contribution >= 0.6 is 0 Å². The molecule has 0 aromatic heterocycles. The van der Waals surface area contributed by atoms with Crippen molar-refractivity contribution < 1.29 is 4.79 Å². The van der Waals surface area contributed by atoms with Gasteiger partial charge in [-0.2, -0.15) is 0 Å². The fourth-order valence-corrected chi connectivity index (χ4v) is 2.29. The van der Waals surface area contributed by atoms with E-state index in [0.717, 1.165) is 25.4 Å². The molecule has 1 aliphatic carbocycles. The molecule has 0 aromatic rings. The zero-order valence-corrected chi connectivity index (χ0v) is 9.59. The summed E-state index contributed by atoms with van der Waals surface area (Å²) >= 11 is 0. The lowest BCUT2D eigenvalue weighted by atomic mass is 10.0. The lowest BCUT2D eigenvalue weighted by molar-refractivity contribution is -0.123. The third kappa shape index (κ3) is 3.20. The Morgan fingerprint density at radius 2 is 2.20 bits per heavy atom. The summed E-state index contributed by atoms with van der Waals surface area (Å²) in [6.07, 6.45) is 6.12. The maximum atomic E-state index is 11.8. The average Bonchev–Trinajstić information content (AvgIpc) is 3.10. The fraction of sp³-hybridized carbons (Fsp3) is 0.917. The first kappa shape index (κ1) is 10.9. The molecular weight excluding hydrogens is 188 g/mol. The summed E-state index contributed by atoms with van der Waals surface area (Å²) in [5.41, 5.74) is 0. The largest absolute Gasteiger partial charge is 0.354 e. The number of nitrogens with one attached hydrogen (secondary N) is 2. The van der Waals surface area contributed by atoms with Crippen molar-refractivity contribution in [2.75, 3.05) is 13.1 Å². The van der Waals surface area contributed by atoms with Gasteiger partial charge < -0.3 is 10.6 Å². The average molecular weight is 210 g/mol. The van der Waals surface area contributed by atoms with E-state index < -0.39 is 0 Å². The monoisotopic (exact) mass is 210 g/mol. The molecule has 1 amide bonds. The zero-order valence-electron chi connectivity index (χ0n) is 9.59. The van der Waals surface area contributed by atoms with Crippen molar-refractivity contribution in [3.63, 3.8) is 0 Å². The van der Waals surface area contributed by atoms with Gasteiger partial charge in [0, 0.05) is 6.54 Å². The third-order valence-corrected chi connectivity index (χ3v) is 3.65. The first-order chi connectivity index (χ1) is 7.27. The van der Waals surface area contributed by atoms with Crippen LogP contribution in [0.3, 0.4) is 0 Å². The van der Waals surface area contributed by atoms with Gasteiger partial charge in [-0.05, 0) is 44.1 Å². The van der Waals surface area contributed by atoms with E-state index in [0.29, 0.717) is 5.92 Å². The summed E-state index contributed by atoms with van der Waals surface area (Å²) in [7, 11) is 0. The Labute approximate surface area is 92.0 Å². The van der Waals surface area contributed by atoms with E-state index in [2.05, 4.69) is 17.6 Å². The fourth-order valence-electron chi connectivity index (χ4n) is 2.29. The number of hydrogen-bond donors (Lipinski definition) is 2. The van der Waals surface area contributed by atoms with Crippen LogP contribution in [0.4, 0.5) is 0 Å². The number of piperidine rings is 1. The van der Waals surface area contributed by atoms with Gasteiger partial charge in [0.05, 0.1) is 6.04 Å². The number of hydrogen-bond acceptors (Lipinski definition) is 2. The van der Waals surface area contributed by atoms with Gasteiger partial charge in [0.15, 0.2) is 0 Å². The van der Waals surface area contributed by atoms with Crippen molar-refractivity contribution in [2.24, 2.45) is 11.8 Å². The van der Waals surface area contributed by atoms with E-state index in [1.54, 1.807) is 0 Å². The van der Waals surface area contributed by atoms with Crippen LogP contribution in [0.1, 0.15) is 39.0 Å². The van der Waals surface area contributed by atoms with Crippen LogP contribution in [0.15, 0.2) is 0 Å². The summed E-state index contributed by atoms with van der Waals surface area (Å²) in [4.78, 5) is 11.8. The topological polar surface area (TPSA) is 41.1 Å². The number of rotatable bonds is 4. The highest BCUT2D eigenvalue weighted by Gasteiger charge is 2.28. The third-order valence-electron chi connectivity index (χ3n) is 3.65. The van der Waals surface area contributed by atoms with Gasteiger partial charge in [-0.1, -0.05) is 13.3 Å². The maximum absolute atomic E-state index is 11.8. The van der Waals surface area contributed by atoms with E-state index >= 15 is 0 Å². The van der Waals surface area contributed by atoms with Crippen LogP contribution in [0.25, 0.3) is 0 Å². The Morgan fingerprint density at radius 1 is 1.40 bits per heavy atom. The normalized spacial score (nSPS) is 28.5. The molecule has 2 fully saturated rings. The van der Waals surface area contributed by atoms with Crippen molar-refractivity contribution in [1.82, 2.24) is 10.6 Å². The van der Waals surface area contributed by atoms with Crippen molar-refractivity contribution in [3.05, 3.63) is 0 Å². The molecule has 0 bridgehead atoms. The second kappa shape index (κ2) is 4.97. The van der Waals surface area contributed by atoms with E-state index in [9.17, 15) is 4.79 Å². The number of carbonyl (C=O) groups is 1. The van der Waals surface area contributed by atoms with Gasteiger partial charge in [0.25, 0.3) is 0 Å². The van der Waals surface area contributed by atoms with E-state index in [1.807, 2.05) is 0 Å². The maximum Gasteiger partial charge on any atom is 0.237 e. The standard InChI is InChI=1S/C12H22N2O/c1-9(10-5-6-10)8-14-12(15)11-4-2-3-7-13-11/h9-11,13H,2-8H2,1H3,(H,14,15)/t9?,11-/m1/s1. The van der Waals surface area contributed by atoms with Gasteiger partial charge in [0.1, 0.15) is 0 Å². The smallest absolute Gasteiger partial charge is 0.237 e. The molecule has 1 unspecified atom stereocenters. The van der Waals surface area contributed by atoms with Crippen molar-refractivity contribution in [3.8, 4) is 0 Å². The summed E-state index contributed by atoms with van der Waals surface area (Å²) in [5.74, 6) is 1.75. The summed E-state index contributed by atoms with van der Waals surface area (Å²) in [6.45, 7) is 4.10. The Kier molecular flexibility index (Phi) is 3.62. The molecule has 2 rings (SSSR count). The molecule has 15 heavy (non-hydrogen) atoms. The lowest BCUT2D eigenvalue weighted by Crippen LogP contribution is -2.47. The molecular formula is C12H22N2O. The molecule has 1 heterocycles. The van der Waals surface area contributed by atoms with E-state index in [4.69, 9.17) is 0 Å². The molecule has 0 spiro atoms. The van der Waals surface area contributed by atoms with Crippen molar-refractivity contribution in [2.45, 2.75) is 45.1 Å². The molecule has 86 valence electrons. The predicted octanol–water partition coefficient (Wildman–Crippen LogP) is 1.29. The Hall–Kier alpha value is -0.570. The molecule has 0 radical (unpaired) electrons. The highest BCUT2D eigenvalue weighted by atomic mass is 16.2. The van der Waals surface area contributed by atoms with Gasteiger partial charge in [-0.3, -0.25) is 4.79 Å².